The van der Waals surface area contributed by atoms with Gasteiger partial charge < -0.3 is 13.9 Å². The summed E-state index contributed by atoms with van der Waals surface area (Å²) in [5.74, 6) is 2.53. The minimum Gasteiger partial charge on any atom is -0.497 e. The molecular weight excluding hydrogens is 336 g/mol. The molecule has 0 N–H and O–H groups in total. The fourth-order valence-corrected chi connectivity index (χ4v) is 2.75. The number of thioether (sulfide) groups is 1. The van der Waals surface area contributed by atoms with E-state index >= 15 is 0 Å². The Labute approximate surface area is 150 Å². The van der Waals surface area contributed by atoms with Crippen LogP contribution in [0.4, 0.5) is 0 Å². The topological polar surface area (TPSA) is 57.4 Å². The van der Waals surface area contributed by atoms with Gasteiger partial charge in [-0.05, 0) is 17.7 Å². The van der Waals surface area contributed by atoms with Crippen molar-refractivity contribution in [1.82, 2.24) is 10.2 Å². The lowest BCUT2D eigenvalue weighted by Gasteiger charge is -2.05. The second kappa shape index (κ2) is 8.39. The maximum Gasteiger partial charge on any atom is 0.277 e. The van der Waals surface area contributed by atoms with E-state index < -0.39 is 0 Å². The van der Waals surface area contributed by atoms with Crippen LogP contribution < -0.4 is 9.47 Å². The molecule has 5 nitrogen and oxygen atoms in total. The first kappa shape index (κ1) is 17.1. The molecule has 0 fully saturated rings. The van der Waals surface area contributed by atoms with Crippen molar-refractivity contribution in [2.24, 2.45) is 0 Å². The van der Waals surface area contributed by atoms with E-state index in [1.54, 1.807) is 20.3 Å². The Morgan fingerprint density at radius 3 is 2.40 bits per heavy atom. The zero-order valence-electron chi connectivity index (χ0n) is 14.0. The average molecular weight is 354 g/mol. The molecule has 25 heavy (non-hydrogen) atoms. The number of hydrogen-bond donors (Lipinski definition) is 0. The van der Waals surface area contributed by atoms with Crippen molar-refractivity contribution in [2.45, 2.75) is 5.22 Å². The third-order valence-electron chi connectivity index (χ3n) is 3.42. The van der Waals surface area contributed by atoms with Gasteiger partial charge in [0.25, 0.3) is 5.22 Å². The van der Waals surface area contributed by atoms with Crippen LogP contribution in [-0.4, -0.2) is 30.2 Å². The summed E-state index contributed by atoms with van der Waals surface area (Å²) < 4.78 is 16.2. The number of nitrogens with zero attached hydrogens (tertiary/aromatic N) is 2. The summed E-state index contributed by atoms with van der Waals surface area (Å²) in [6.07, 6.45) is 4.13. The first-order valence-corrected chi connectivity index (χ1v) is 8.68. The summed E-state index contributed by atoms with van der Waals surface area (Å²) in [7, 11) is 3.21. The fraction of sp³-hybridized carbons (Fsp3) is 0.158. The van der Waals surface area contributed by atoms with Gasteiger partial charge in [0.05, 0.1) is 14.2 Å². The van der Waals surface area contributed by atoms with Crippen LogP contribution in [0.2, 0.25) is 0 Å². The van der Waals surface area contributed by atoms with Crippen molar-refractivity contribution in [3.8, 4) is 23.0 Å². The fourth-order valence-electron chi connectivity index (χ4n) is 2.18. The monoisotopic (exact) mass is 354 g/mol. The molecular formula is C19H18N2O3S. The van der Waals surface area contributed by atoms with E-state index in [1.807, 2.05) is 30.3 Å². The Hall–Kier alpha value is -2.73. The number of rotatable bonds is 7. The van der Waals surface area contributed by atoms with E-state index in [2.05, 4.69) is 34.5 Å². The van der Waals surface area contributed by atoms with Gasteiger partial charge in [0, 0.05) is 17.4 Å². The van der Waals surface area contributed by atoms with Crippen LogP contribution in [0.5, 0.6) is 11.5 Å². The Morgan fingerprint density at radius 1 is 1.00 bits per heavy atom. The van der Waals surface area contributed by atoms with Gasteiger partial charge in [0.1, 0.15) is 11.5 Å². The van der Waals surface area contributed by atoms with Crippen LogP contribution in [0.3, 0.4) is 0 Å². The molecule has 0 spiro atoms. The predicted molar refractivity (Wildman–Crippen MR) is 99.0 cm³/mol. The maximum atomic E-state index is 5.72. The Bertz CT molecular complexity index is 825. The van der Waals surface area contributed by atoms with Gasteiger partial charge in [-0.2, -0.15) is 0 Å². The van der Waals surface area contributed by atoms with Crippen LogP contribution in [0.1, 0.15) is 5.56 Å². The number of hydrogen-bond acceptors (Lipinski definition) is 6. The molecule has 1 heterocycles. The number of aromatic nitrogens is 2. The molecule has 6 heteroatoms. The van der Waals surface area contributed by atoms with Crippen LogP contribution >= 0.6 is 11.8 Å². The molecule has 0 saturated heterocycles. The molecule has 0 bridgehead atoms. The largest absolute Gasteiger partial charge is 0.497 e. The highest BCUT2D eigenvalue weighted by Crippen LogP contribution is 2.30. The van der Waals surface area contributed by atoms with E-state index in [1.165, 1.54) is 11.8 Å². The van der Waals surface area contributed by atoms with Gasteiger partial charge in [-0.25, -0.2) is 0 Å². The normalized spacial score (nSPS) is 11.0. The molecule has 0 atom stereocenters. The Morgan fingerprint density at radius 2 is 1.72 bits per heavy atom. The molecule has 0 aliphatic carbocycles. The van der Waals surface area contributed by atoms with Crippen LogP contribution in [0.15, 0.2) is 64.2 Å². The van der Waals surface area contributed by atoms with Gasteiger partial charge in [-0.15, -0.1) is 10.2 Å². The van der Waals surface area contributed by atoms with Crippen LogP contribution in [0, 0.1) is 0 Å². The lowest BCUT2D eigenvalue weighted by molar-refractivity contribution is 0.394. The van der Waals surface area contributed by atoms with Crippen molar-refractivity contribution >= 4 is 17.8 Å². The van der Waals surface area contributed by atoms with Crippen LogP contribution in [-0.2, 0) is 0 Å². The molecule has 1 aromatic heterocycles. The van der Waals surface area contributed by atoms with Gasteiger partial charge >= 0.3 is 0 Å². The van der Waals surface area contributed by atoms with Crippen molar-refractivity contribution in [3.63, 3.8) is 0 Å². The third-order valence-corrected chi connectivity index (χ3v) is 4.19. The van der Waals surface area contributed by atoms with E-state index in [4.69, 9.17) is 13.9 Å². The summed E-state index contributed by atoms with van der Waals surface area (Å²) in [4.78, 5) is 0. The van der Waals surface area contributed by atoms with Crippen molar-refractivity contribution in [3.05, 3.63) is 60.2 Å². The first-order valence-electron chi connectivity index (χ1n) is 7.70. The summed E-state index contributed by atoms with van der Waals surface area (Å²) in [6.45, 7) is 0. The number of ether oxygens (including phenoxy) is 2. The Kier molecular flexibility index (Phi) is 5.74. The summed E-state index contributed by atoms with van der Waals surface area (Å²) >= 11 is 1.49. The van der Waals surface area contributed by atoms with E-state index in [-0.39, 0.29) is 0 Å². The lowest BCUT2D eigenvalue weighted by Crippen LogP contribution is -1.88. The Balaban J connectivity index is 1.65. The number of benzene rings is 2. The molecule has 128 valence electrons. The number of methoxy groups -OCH3 is 2. The smallest absolute Gasteiger partial charge is 0.277 e. The highest BCUT2D eigenvalue weighted by molar-refractivity contribution is 7.99. The SMILES string of the molecule is COc1cc(OC)cc(-c2nnc(SC/C=C/c3ccccc3)o2)c1. The minimum atomic E-state index is 0.437. The van der Waals surface area contributed by atoms with E-state index in [0.717, 1.165) is 16.9 Å². The van der Waals surface area contributed by atoms with Gasteiger partial charge in [-0.1, -0.05) is 54.2 Å². The van der Waals surface area contributed by atoms with Gasteiger partial charge in [0.2, 0.25) is 5.89 Å². The quantitative estimate of drug-likeness (QED) is 0.580. The van der Waals surface area contributed by atoms with Crippen molar-refractivity contribution < 1.29 is 13.9 Å². The highest BCUT2D eigenvalue weighted by Gasteiger charge is 2.11. The van der Waals surface area contributed by atoms with Gasteiger partial charge in [0.15, 0.2) is 0 Å². The molecule has 0 unspecified atom stereocenters. The lowest BCUT2D eigenvalue weighted by atomic mass is 10.2. The molecule has 0 aliphatic rings. The van der Waals surface area contributed by atoms with Crippen molar-refractivity contribution in [1.29, 1.82) is 0 Å². The van der Waals surface area contributed by atoms with Gasteiger partial charge in [-0.3, -0.25) is 0 Å². The minimum absolute atomic E-state index is 0.437. The predicted octanol–water partition coefficient (Wildman–Crippen LogP) is 4.56. The molecule has 0 radical (unpaired) electrons. The van der Waals surface area contributed by atoms with Crippen LogP contribution in [0.25, 0.3) is 17.5 Å². The summed E-state index contributed by atoms with van der Waals surface area (Å²) in [6, 6.07) is 15.6. The third kappa shape index (κ3) is 4.64. The second-order valence-corrected chi connectivity index (χ2v) is 6.07. The molecule has 3 aromatic rings. The summed E-state index contributed by atoms with van der Waals surface area (Å²) in [5.41, 5.74) is 1.92. The zero-order valence-corrected chi connectivity index (χ0v) is 14.8. The first-order chi connectivity index (χ1) is 12.3. The zero-order chi connectivity index (χ0) is 17.5. The average Bonchev–Trinajstić information content (AvgIpc) is 3.14. The highest BCUT2D eigenvalue weighted by atomic mass is 32.2. The molecule has 2 aromatic carbocycles. The standard InChI is InChI=1S/C19H18N2O3S/c1-22-16-11-15(12-17(13-16)23-2)18-20-21-19(24-18)25-10-6-9-14-7-4-3-5-8-14/h3-9,11-13H,10H2,1-2H3/b9-6+. The molecule has 0 aliphatic heterocycles. The second-order valence-electron chi connectivity index (χ2n) is 5.10. The van der Waals surface area contributed by atoms with E-state index in [0.29, 0.717) is 22.6 Å². The summed E-state index contributed by atoms with van der Waals surface area (Å²) in [5, 5.41) is 8.70. The molecule has 0 amide bonds. The maximum absolute atomic E-state index is 5.72. The molecule has 0 saturated carbocycles. The van der Waals surface area contributed by atoms with E-state index in [9.17, 15) is 0 Å². The molecule has 3 rings (SSSR count). The van der Waals surface area contributed by atoms with Crippen molar-refractivity contribution in [2.75, 3.05) is 20.0 Å².